The van der Waals surface area contributed by atoms with E-state index in [4.69, 9.17) is 4.74 Å². The summed E-state index contributed by atoms with van der Waals surface area (Å²) in [6.07, 6.45) is -0.902. The minimum absolute atomic E-state index is 0.144. The van der Waals surface area contributed by atoms with Gasteiger partial charge in [0.15, 0.2) is 0 Å². The lowest BCUT2D eigenvalue weighted by Gasteiger charge is -2.17. The molecule has 0 saturated heterocycles. The molecule has 0 heterocycles. The monoisotopic (exact) mass is 347 g/mol. The van der Waals surface area contributed by atoms with E-state index in [1.165, 1.54) is 5.56 Å². The lowest BCUT2D eigenvalue weighted by Crippen LogP contribution is -2.16. The molecule has 0 aromatic heterocycles. The molecule has 0 saturated carbocycles. The van der Waals surface area contributed by atoms with E-state index in [0.717, 1.165) is 16.9 Å². The summed E-state index contributed by atoms with van der Waals surface area (Å²) in [6, 6.07) is 9.06. The number of alkyl halides is 1. The normalized spacial score (nSPS) is 10.4. The minimum atomic E-state index is -1.21. The molecule has 1 amide bonds. The maximum Gasteiger partial charge on any atom is 0.413 e. The van der Waals surface area contributed by atoms with Crippen molar-refractivity contribution in [2.75, 3.05) is 12.2 Å². The number of rotatable bonds is 6. The van der Waals surface area contributed by atoms with Crippen molar-refractivity contribution in [1.82, 2.24) is 0 Å². The van der Waals surface area contributed by atoms with Gasteiger partial charge in [0.25, 0.3) is 0 Å². The van der Waals surface area contributed by atoms with Crippen LogP contribution in [0.1, 0.15) is 27.8 Å². The Morgan fingerprint density at radius 3 is 2.56 bits per heavy atom. The van der Waals surface area contributed by atoms with Crippen molar-refractivity contribution in [3.63, 3.8) is 0 Å². The zero-order valence-electron chi connectivity index (χ0n) is 14.6. The third kappa shape index (κ3) is 4.70. The molecule has 0 atom stereocenters. The van der Waals surface area contributed by atoms with E-state index in [0.29, 0.717) is 16.8 Å². The molecule has 6 heteroatoms. The van der Waals surface area contributed by atoms with E-state index in [1.807, 2.05) is 32.9 Å². The first-order chi connectivity index (χ1) is 12.0. The number of nitrogens with one attached hydrogen (secondary N) is 1. The molecular formula is C19H22FNO4. The third-order valence-corrected chi connectivity index (χ3v) is 4.03. The number of ether oxygens (including phenoxy) is 2. The predicted octanol–water partition coefficient (Wildman–Crippen LogP) is 4.16. The van der Waals surface area contributed by atoms with Crippen LogP contribution < -0.4 is 10.1 Å². The number of anilines is 1. The van der Waals surface area contributed by atoms with Crippen LogP contribution in [0.3, 0.4) is 0 Å². The highest BCUT2D eigenvalue weighted by Gasteiger charge is 2.13. The third-order valence-electron chi connectivity index (χ3n) is 4.03. The van der Waals surface area contributed by atoms with Gasteiger partial charge in [-0.15, -0.1) is 0 Å². The second-order valence-electron chi connectivity index (χ2n) is 5.76. The molecule has 0 spiro atoms. The maximum atomic E-state index is 12.1. The van der Waals surface area contributed by atoms with E-state index in [1.54, 1.807) is 18.2 Å². The highest BCUT2D eigenvalue weighted by Crippen LogP contribution is 2.26. The number of hydrogen-bond donors (Lipinski definition) is 2. The summed E-state index contributed by atoms with van der Waals surface area (Å²) in [7, 11) is 0. The van der Waals surface area contributed by atoms with E-state index in [-0.39, 0.29) is 13.2 Å². The van der Waals surface area contributed by atoms with Gasteiger partial charge in [-0.2, -0.15) is 0 Å². The molecule has 5 nitrogen and oxygen atoms in total. The standard InChI is InChI=1S/C19H22FNO4/c1-12-7-14(3)18(8-13(12)2)24-10-16-15(9-22)5-4-6-17(16)21-19(23)25-11-20/h4-8,22H,9-11H2,1-3H3,(H,21,23). The van der Waals surface area contributed by atoms with Crippen molar-refractivity contribution in [2.24, 2.45) is 0 Å². The van der Waals surface area contributed by atoms with Crippen LogP contribution in [-0.4, -0.2) is 18.1 Å². The fourth-order valence-electron chi connectivity index (χ4n) is 2.51. The zero-order chi connectivity index (χ0) is 18.4. The fourth-order valence-corrected chi connectivity index (χ4v) is 2.51. The Bertz CT molecular complexity index is 761. The van der Waals surface area contributed by atoms with Crippen molar-refractivity contribution in [2.45, 2.75) is 34.0 Å². The summed E-state index contributed by atoms with van der Waals surface area (Å²) in [5.41, 5.74) is 4.92. The Hall–Kier alpha value is -2.60. The number of halogens is 1. The Labute approximate surface area is 146 Å². The van der Waals surface area contributed by atoms with Gasteiger partial charge in [-0.05, 0) is 55.2 Å². The molecule has 0 unspecified atom stereocenters. The first-order valence-corrected chi connectivity index (χ1v) is 7.88. The maximum absolute atomic E-state index is 12.1. The molecule has 134 valence electrons. The van der Waals surface area contributed by atoms with E-state index in [2.05, 4.69) is 10.1 Å². The van der Waals surface area contributed by atoms with Crippen LogP contribution in [0.25, 0.3) is 0 Å². The van der Waals surface area contributed by atoms with Crippen LogP contribution in [0.5, 0.6) is 5.75 Å². The molecule has 0 bridgehead atoms. The second kappa shape index (κ2) is 8.48. The molecule has 0 radical (unpaired) electrons. The average molecular weight is 347 g/mol. The Morgan fingerprint density at radius 1 is 1.16 bits per heavy atom. The second-order valence-corrected chi connectivity index (χ2v) is 5.76. The summed E-state index contributed by atoms with van der Waals surface area (Å²) in [5, 5.41) is 12.0. The van der Waals surface area contributed by atoms with Crippen LogP contribution in [0, 0.1) is 20.8 Å². The van der Waals surface area contributed by atoms with Crippen LogP contribution >= 0.6 is 0 Å². The highest BCUT2D eigenvalue weighted by molar-refractivity contribution is 5.85. The van der Waals surface area contributed by atoms with E-state index in [9.17, 15) is 14.3 Å². The highest BCUT2D eigenvalue weighted by atomic mass is 19.1. The number of carbonyl (C=O) groups excluding carboxylic acids is 1. The number of benzene rings is 2. The molecule has 25 heavy (non-hydrogen) atoms. The van der Waals surface area contributed by atoms with Gasteiger partial charge in [0.05, 0.1) is 12.3 Å². The topological polar surface area (TPSA) is 67.8 Å². The van der Waals surface area contributed by atoms with Crippen molar-refractivity contribution < 1.29 is 23.8 Å². The largest absolute Gasteiger partial charge is 0.489 e. The van der Waals surface area contributed by atoms with E-state index >= 15 is 0 Å². The summed E-state index contributed by atoms with van der Waals surface area (Å²) in [6.45, 7) is 4.72. The van der Waals surface area contributed by atoms with Crippen molar-refractivity contribution in [3.8, 4) is 5.75 Å². The molecule has 0 aliphatic carbocycles. The Balaban J connectivity index is 2.25. The van der Waals surface area contributed by atoms with Gasteiger partial charge < -0.3 is 14.6 Å². The van der Waals surface area contributed by atoms with Crippen LogP contribution in [-0.2, 0) is 18.0 Å². The summed E-state index contributed by atoms with van der Waals surface area (Å²) in [5.74, 6) is 0.730. The molecule has 0 fully saturated rings. The smallest absolute Gasteiger partial charge is 0.413 e. The van der Waals surface area contributed by atoms with Gasteiger partial charge >= 0.3 is 6.09 Å². The van der Waals surface area contributed by atoms with E-state index < -0.39 is 13.0 Å². The van der Waals surface area contributed by atoms with Crippen LogP contribution in [0.4, 0.5) is 14.9 Å². The van der Waals surface area contributed by atoms with Crippen molar-refractivity contribution >= 4 is 11.8 Å². The SMILES string of the molecule is Cc1cc(C)c(OCc2c(CO)cccc2NC(=O)OCF)cc1C. The fraction of sp³-hybridized carbons (Fsp3) is 0.316. The number of aryl methyl sites for hydroxylation is 3. The van der Waals surface area contributed by atoms with Crippen molar-refractivity contribution in [3.05, 3.63) is 58.1 Å². The molecule has 2 rings (SSSR count). The molecular weight excluding hydrogens is 325 g/mol. The average Bonchev–Trinajstić information content (AvgIpc) is 2.57. The number of aliphatic hydroxyl groups is 1. The molecule has 2 aromatic carbocycles. The molecule has 0 aliphatic heterocycles. The zero-order valence-corrected chi connectivity index (χ0v) is 14.6. The Morgan fingerprint density at radius 2 is 1.88 bits per heavy atom. The quantitative estimate of drug-likeness (QED) is 0.823. The summed E-state index contributed by atoms with van der Waals surface area (Å²) in [4.78, 5) is 11.5. The molecule has 2 N–H and O–H groups in total. The minimum Gasteiger partial charge on any atom is -0.489 e. The van der Waals surface area contributed by atoms with Crippen LogP contribution in [0.2, 0.25) is 0 Å². The lowest BCUT2D eigenvalue weighted by atomic mass is 10.1. The molecule has 0 aliphatic rings. The first-order valence-electron chi connectivity index (χ1n) is 7.88. The van der Waals surface area contributed by atoms with Crippen molar-refractivity contribution in [1.29, 1.82) is 0 Å². The van der Waals surface area contributed by atoms with Gasteiger partial charge in [0, 0.05) is 5.56 Å². The number of amides is 1. The predicted molar refractivity (Wildman–Crippen MR) is 93.4 cm³/mol. The van der Waals surface area contributed by atoms with Gasteiger partial charge in [-0.25, -0.2) is 9.18 Å². The number of aliphatic hydroxyl groups excluding tert-OH is 1. The van der Waals surface area contributed by atoms with Gasteiger partial charge in [-0.1, -0.05) is 18.2 Å². The van der Waals surface area contributed by atoms with Gasteiger partial charge in [-0.3, -0.25) is 5.32 Å². The number of hydrogen-bond acceptors (Lipinski definition) is 4. The van der Waals surface area contributed by atoms with Gasteiger partial charge in [0.2, 0.25) is 6.86 Å². The Kier molecular flexibility index (Phi) is 6.36. The lowest BCUT2D eigenvalue weighted by molar-refractivity contribution is 0.111. The van der Waals surface area contributed by atoms with Crippen LogP contribution in [0.15, 0.2) is 30.3 Å². The number of carbonyl (C=O) groups is 1. The summed E-state index contributed by atoms with van der Waals surface area (Å²) >= 11 is 0. The first kappa shape index (κ1) is 18.7. The summed E-state index contributed by atoms with van der Waals surface area (Å²) < 4.78 is 22.3. The van der Waals surface area contributed by atoms with Gasteiger partial charge in [0.1, 0.15) is 12.4 Å². The molecule has 2 aromatic rings.